The quantitative estimate of drug-likeness (QED) is 0.476. The van der Waals surface area contributed by atoms with E-state index in [0.717, 1.165) is 6.07 Å². The van der Waals surface area contributed by atoms with Crippen molar-refractivity contribution in [3.05, 3.63) is 75.8 Å². The molecule has 28 heavy (non-hydrogen) atoms. The van der Waals surface area contributed by atoms with Crippen LogP contribution in [0.4, 0.5) is 10.1 Å². The molecule has 0 saturated carbocycles. The third kappa shape index (κ3) is 4.32. The van der Waals surface area contributed by atoms with Crippen LogP contribution >= 0.6 is 23.2 Å². The summed E-state index contributed by atoms with van der Waals surface area (Å²) >= 11 is 11.6. The number of nitrogens with zero attached hydrogens (tertiary/aromatic N) is 2. The Hall–Kier alpha value is -2.90. The molecule has 6 nitrogen and oxygen atoms in total. The van der Waals surface area contributed by atoms with Crippen LogP contribution in [0.3, 0.4) is 0 Å². The molecule has 0 atom stereocenters. The first kappa shape index (κ1) is 19.9. The predicted molar refractivity (Wildman–Crippen MR) is 104 cm³/mol. The number of amides is 1. The van der Waals surface area contributed by atoms with Crippen molar-refractivity contribution in [2.45, 2.75) is 6.92 Å². The summed E-state index contributed by atoms with van der Waals surface area (Å²) in [5, 5.41) is 6.66. The van der Waals surface area contributed by atoms with Crippen LogP contribution in [0.5, 0.6) is 0 Å². The summed E-state index contributed by atoms with van der Waals surface area (Å²) in [6, 6.07) is 10.4. The van der Waals surface area contributed by atoms with Gasteiger partial charge in [-0.1, -0.05) is 23.2 Å². The smallest absolute Gasteiger partial charge is 0.358 e. The summed E-state index contributed by atoms with van der Waals surface area (Å²) in [7, 11) is 0. The summed E-state index contributed by atoms with van der Waals surface area (Å²) in [4.78, 5) is 24.0. The lowest BCUT2D eigenvalue weighted by atomic mass is 10.2. The van der Waals surface area contributed by atoms with Crippen molar-refractivity contribution in [3.8, 4) is 5.69 Å². The van der Waals surface area contributed by atoms with Gasteiger partial charge in [-0.3, -0.25) is 4.79 Å². The number of nitrogens with one attached hydrogen (secondary N) is 1. The topological polar surface area (TPSA) is 73.2 Å². The van der Waals surface area contributed by atoms with E-state index in [1.165, 1.54) is 10.7 Å². The number of hydrogen-bond acceptors (Lipinski definition) is 4. The van der Waals surface area contributed by atoms with Gasteiger partial charge in [0.2, 0.25) is 0 Å². The Labute approximate surface area is 169 Å². The average molecular weight is 422 g/mol. The Morgan fingerprint density at radius 2 is 1.86 bits per heavy atom. The van der Waals surface area contributed by atoms with Gasteiger partial charge in [-0.2, -0.15) is 5.10 Å². The van der Waals surface area contributed by atoms with E-state index in [0.29, 0.717) is 11.4 Å². The fourth-order valence-electron chi connectivity index (χ4n) is 2.37. The Morgan fingerprint density at radius 3 is 2.54 bits per heavy atom. The van der Waals surface area contributed by atoms with E-state index < -0.39 is 17.7 Å². The third-order valence-corrected chi connectivity index (χ3v) is 4.32. The van der Waals surface area contributed by atoms with E-state index >= 15 is 0 Å². The molecule has 0 aliphatic carbocycles. The van der Waals surface area contributed by atoms with Gasteiger partial charge in [0.15, 0.2) is 5.69 Å². The molecule has 0 radical (unpaired) electrons. The normalized spacial score (nSPS) is 10.6. The van der Waals surface area contributed by atoms with Gasteiger partial charge in [0.1, 0.15) is 5.82 Å². The van der Waals surface area contributed by atoms with E-state index in [4.69, 9.17) is 27.9 Å². The van der Waals surface area contributed by atoms with Crippen molar-refractivity contribution in [1.29, 1.82) is 0 Å². The Morgan fingerprint density at radius 1 is 1.14 bits per heavy atom. The SMILES string of the molecule is CCOC(=O)c1ccn(-c2ccc(NC(=O)c3cc(F)c(Cl)cc3Cl)cc2)n1. The molecule has 1 heterocycles. The summed E-state index contributed by atoms with van der Waals surface area (Å²) in [5.74, 6) is -1.81. The largest absolute Gasteiger partial charge is 0.461 e. The van der Waals surface area contributed by atoms with Crippen LogP contribution in [0.15, 0.2) is 48.7 Å². The van der Waals surface area contributed by atoms with Crippen LogP contribution < -0.4 is 5.32 Å². The summed E-state index contributed by atoms with van der Waals surface area (Å²) in [6.07, 6.45) is 1.62. The van der Waals surface area contributed by atoms with Gasteiger partial charge in [0, 0.05) is 11.9 Å². The Kier molecular flexibility index (Phi) is 5.96. The van der Waals surface area contributed by atoms with Gasteiger partial charge in [-0.25, -0.2) is 13.9 Å². The number of benzene rings is 2. The lowest BCUT2D eigenvalue weighted by molar-refractivity contribution is 0.0519. The second-order valence-electron chi connectivity index (χ2n) is 5.61. The number of carbonyl (C=O) groups excluding carboxylic acids is 2. The summed E-state index contributed by atoms with van der Waals surface area (Å²) < 4.78 is 20.0. The van der Waals surface area contributed by atoms with E-state index in [2.05, 4.69) is 10.4 Å². The third-order valence-electron chi connectivity index (χ3n) is 3.72. The number of aromatic nitrogens is 2. The van der Waals surface area contributed by atoms with Gasteiger partial charge >= 0.3 is 5.97 Å². The lowest BCUT2D eigenvalue weighted by Crippen LogP contribution is -2.13. The second-order valence-corrected chi connectivity index (χ2v) is 6.43. The highest BCUT2D eigenvalue weighted by molar-refractivity contribution is 6.37. The number of ether oxygens (including phenoxy) is 1. The molecule has 3 rings (SSSR count). The number of rotatable bonds is 5. The summed E-state index contributed by atoms with van der Waals surface area (Å²) in [5.41, 5.74) is 1.31. The van der Waals surface area contributed by atoms with Crippen molar-refractivity contribution in [3.63, 3.8) is 0 Å². The average Bonchev–Trinajstić information content (AvgIpc) is 3.16. The first-order valence-electron chi connectivity index (χ1n) is 8.18. The molecule has 1 N–H and O–H groups in total. The number of halogens is 3. The molecule has 1 amide bonds. The number of carbonyl (C=O) groups is 2. The molecular formula is C19H14Cl2FN3O3. The highest BCUT2D eigenvalue weighted by Crippen LogP contribution is 2.25. The molecule has 9 heteroatoms. The number of hydrogen-bond donors (Lipinski definition) is 1. The molecule has 1 aromatic heterocycles. The molecule has 0 fully saturated rings. The van der Waals surface area contributed by atoms with Gasteiger partial charge in [-0.05, 0) is 49.4 Å². The molecule has 0 saturated heterocycles. The van der Waals surface area contributed by atoms with Gasteiger partial charge in [-0.15, -0.1) is 0 Å². The standard InChI is InChI=1S/C19H14Cl2FN3O3/c1-2-28-19(27)17-7-8-25(24-17)12-5-3-11(4-6-12)23-18(26)13-9-16(22)15(21)10-14(13)20/h3-10H,2H2,1H3,(H,23,26). The second kappa shape index (κ2) is 8.41. The van der Waals surface area contributed by atoms with Crippen molar-refractivity contribution in [1.82, 2.24) is 9.78 Å². The minimum absolute atomic E-state index is 0.0289. The van der Waals surface area contributed by atoms with Gasteiger partial charge < -0.3 is 10.1 Å². The maximum Gasteiger partial charge on any atom is 0.358 e. The molecular weight excluding hydrogens is 408 g/mol. The zero-order chi connectivity index (χ0) is 20.3. The zero-order valence-corrected chi connectivity index (χ0v) is 16.1. The molecule has 144 valence electrons. The maximum atomic E-state index is 13.6. The molecule has 0 spiro atoms. The van der Waals surface area contributed by atoms with Crippen LogP contribution in [-0.2, 0) is 4.74 Å². The Balaban J connectivity index is 1.74. The van der Waals surface area contributed by atoms with Crippen LogP contribution in [0, 0.1) is 5.82 Å². The van der Waals surface area contributed by atoms with Crippen molar-refractivity contribution >= 4 is 40.8 Å². The molecule has 3 aromatic rings. The van der Waals surface area contributed by atoms with Gasteiger partial charge in [0.25, 0.3) is 5.91 Å². The first-order chi connectivity index (χ1) is 13.4. The fraction of sp³-hybridized carbons (Fsp3) is 0.105. The van der Waals surface area contributed by atoms with Crippen LogP contribution in [0.1, 0.15) is 27.8 Å². The molecule has 0 unspecified atom stereocenters. The van der Waals surface area contributed by atoms with E-state index in [1.807, 2.05) is 0 Å². The molecule has 0 aliphatic rings. The summed E-state index contributed by atoms with van der Waals surface area (Å²) in [6.45, 7) is 1.98. The van der Waals surface area contributed by atoms with Crippen LogP contribution in [-0.4, -0.2) is 28.3 Å². The lowest BCUT2D eigenvalue weighted by Gasteiger charge is -2.09. The fourth-order valence-corrected chi connectivity index (χ4v) is 2.84. The molecule has 2 aromatic carbocycles. The Bertz CT molecular complexity index is 1040. The van der Waals surface area contributed by atoms with Crippen molar-refractivity contribution in [2.75, 3.05) is 11.9 Å². The van der Waals surface area contributed by atoms with E-state index in [1.54, 1.807) is 43.5 Å². The monoisotopic (exact) mass is 421 g/mol. The highest BCUT2D eigenvalue weighted by Gasteiger charge is 2.15. The molecule has 0 aliphatic heterocycles. The number of esters is 1. The first-order valence-corrected chi connectivity index (χ1v) is 8.93. The van der Waals surface area contributed by atoms with Crippen LogP contribution in [0.2, 0.25) is 10.0 Å². The van der Waals surface area contributed by atoms with Gasteiger partial charge in [0.05, 0.1) is 27.9 Å². The number of anilines is 1. The minimum atomic E-state index is -0.734. The van der Waals surface area contributed by atoms with Crippen molar-refractivity contribution < 1.29 is 18.7 Å². The minimum Gasteiger partial charge on any atom is -0.461 e. The zero-order valence-electron chi connectivity index (χ0n) is 14.6. The van der Waals surface area contributed by atoms with Crippen LogP contribution in [0.25, 0.3) is 5.69 Å². The molecule has 0 bridgehead atoms. The van der Waals surface area contributed by atoms with E-state index in [9.17, 15) is 14.0 Å². The highest BCUT2D eigenvalue weighted by atomic mass is 35.5. The maximum absolute atomic E-state index is 13.6. The van der Waals surface area contributed by atoms with Crippen molar-refractivity contribution in [2.24, 2.45) is 0 Å². The predicted octanol–water partition coefficient (Wildman–Crippen LogP) is 4.75. The van der Waals surface area contributed by atoms with E-state index in [-0.39, 0.29) is 27.9 Å².